The molecule has 3 heteroatoms. The first-order chi connectivity index (χ1) is 8.76. The molecule has 0 aromatic carbocycles. The van der Waals surface area contributed by atoms with E-state index in [1.807, 2.05) is 0 Å². The molecule has 1 N–H and O–H groups in total. The van der Waals surface area contributed by atoms with Crippen LogP contribution in [0.3, 0.4) is 0 Å². The van der Waals surface area contributed by atoms with Crippen LogP contribution in [0.15, 0.2) is 0 Å². The van der Waals surface area contributed by atoms with E-state index in [0.29, 0.717) is 5.41 Å². The summed E-state index contributed by atoms with van der Waals surface area (Å²) in [5.41, 5.74) is 0.353. The Morgan fingerprint density at radius 1 is 1.28 bits per heavy atom. The summed E-state index contributed by atoms with van der Waals surface area (Å²) in [4.78, 5) is 2.61. The van der Waals surface area contributed by atoms with Crippen LogP contribution in [0.25, 0.3) is 0 Å². The van der Waals surface area contributed by atoms with E-state index in [1.165, 1.54) is 45.1 Å². The van der Waals surface area contributed by atoms with Crippen LogP contribution in [0, 0.1) is 5.41 Å². The normalized spacial score (nSPS) is 30.2. The maximum absolute atomic E-state index is 5.78. The summed E-state index contributed by atoms with van der Waals surface area (Å²) in [5, 5.41) is 3.55. The van der Waals surface area contributed by atoms with Crippen molar-refractivity contribution in [3.05, 3.63) is 0 Å². The largest absolute Gasteiger partial charge is 0.381 e. The van der Waals surface area contributed by atoms with Crippen LogP contribution in [-0.2, 0) is 4.74 Å². The second-order valence-corrected chi connectivity index (χ2v) is 6.29. The Labute approximate surface area is 112 Å². The number of nitrogens with zero attached hydrogens (tertiary/aromatic N) is 1. The van der Waals surface area contributed by atoms with Gasteiger partial charge in [0.2, 0.25) is 0 Å². The van der Waals surface area contributed by atoms with Crippen LogP contribution in [0.4, 0.5) is 0 Å². The molecule has 1 saturated carbocycles. The lowest BCUT2D eigenvalue weighted by atomic mass is 9.81. The SMILES string of the molecule is CCNCC1(CN(C)C2CCCC2)CCCOC1. The van der Waals surface area contributed by atoms with E-state index in [2.05, 4.69) is 24.2 Å². The number of ether oxygens (including phenoxy) is 1. The third kappa shape index (κ3) is 3.69. The first-order valence-corrected chi connectivity index (χ1v) is 7.74. The summed E-state index contributed by atoms with van der Waals surface area (Å²) in [5.74, 6) is 0. The summed E-state index contributed by atoms with van der Waals surface area (Å²) in [6.07, 6.45) is 8.18. The van der Waals surface area contributed by atoms with Gasteiger partial charge in [-0.25, -0.2) is 0 Å². The molecule has 0 bridgehead atoms. The predicted octanol–water partition coefficient (Wildman–Crippen LogP) is 2.27. The average molecular weight is 254 g/mol. The van der Waals surface area contributed by atoms with Crippen molar-refractivity contribution in [3.63, 3.8) is 0 Å². The molecule has 18 heavy (non-hydrogen) atoms. The zero-order valence-electron chi connectivity index (χ0n) is 12.2. The quantitative estimate of drug-likeness (QED) is 0.787. The van der Waals surface area contributed by atoms with Crippen molar-refractivity contribution in [2.75, 3.05) is 39.9 Å². The summed E-state index contributed by atoms with van der Waals surface area (Å²) in [6.45, 7) is 7.47. The minimum absolute atomic E-state index is 0.353. The lowest BCUT2D eigenvalue weighted by Gasteiger charge is -2.41. The number of rotatable bonds is 6. The Hall–Kier alpha value is -0.120. The molecule has 106 valence electrons. The maximum Gasteiger partial charge on any atom is 0.0546 e. The van der Waals surface area contributed by atoms with E-state index in [9.17, 15) is 0 Å². The molecule has 1 heterocycles. The molecule has 1 saturated heterocycles. The first kappa shape index (κ1) is 14.3. The molecule has 0 amide bonds. The highest BCUT2D eigenvalue weighted by Crippen LogP contribution is 2.31. The number of nitrogens with one attached hydrogen (secondary N) is 1. The van der Waals surface area contributed by atoms with E-state index < -0.39 is 0 Å². The minimum Gasteiger partial charge on any atom is -0.381 e. The molecule has 2 fully saturated rings. The molecular weight excluding hydrogens is 224 g/mol. The molecule has 3 nitrogen and oxygen atoms in total. The topological polar surface area (TPSA) is 24.5 Å². The minimum atomic E-state index is 0.353. The summed E-state index contributed by atoms with van der Waals surface area (Å²) < 4.78 is 5.78. The third-order valence-corrected chi connectivity index (χ3v) is 4.69. The van der Waals surface area contributed by atoms with Crippen molar-refractivity contribution in [2.24, 2.45) is 5.41 Å². The van der Waals surface area contributed by atoms with Crippen LogP contribution in [0.2, 0.25) is 0 Å². The van der Waals surface area contributed by atoms with Crippen molar-refractivity contribution in [2.45, 2.75) is 51.5 Å². The predicted molar refractivity (Wildman–Crippen MR) is 75.9 cm³/mol. The summed E-state index contributed by atoms with van der Waals surface area (Å²) in [7, 11) is 2.32. The number of hydrogen-bond acceptors (Lipinski definition) is 3. The lowest BCUT2D eigenvalue weighted by Crippen LogP contribution is -2.49. The van der Waals surface area contributed by atoms with E-state index in [-0.39, 0.29) is 0 Å². The molecule has 0 aromatic rings. The van der Waals surface area contributed by atoms with E-state index >= 15 is 0 Å². The molecule has 1 atom stereocenters. The fourth-order valence-corrected chi connectivity index (χ4v) is 3.62. The van der Waals surface area contributed by atoms with Gasteiger partial charge in [-0.2, -0.15) is 0 Å². The zero-order chi connectivity index (χ0) is 12.8. The van der Waals surface area contributed by atoms with Crippen LogP contribution in [-0.4, -0.2) is 50.8 Å². The highest BCUT2D eigenvalue weighted by molar-refractivity contribution is 4.89. The Kier molecular flexibility index (Phi) is 5.46. The standard InChI is InChI=1S/C15H30N2O/c1-3-16-11-15(9-6-10-18-13-15)12-17(2)14-7-4-5-8-14/h14,16H,3-13H2,1-2H3. The molecule has 1 unspecified atom stereocenters. The van der Waals surface area contributed by atoms with E-state index in [1.54, 1.807) is 0 Å². The molecule has 2 aliphatic rings. The van der Waals surface area contributed by atoms with Gasteiger partial charge in [-0.15, -0.1) is 0 Å². The van der Waals surface area contributed by atoms with Crippen molar-refractivity contribution < 1.29 is 4.74 Å². The molecule has 2 rings (SSSR count). The second kappa shape index (κ2) is 6.88. The van der Waals surface area contributed by atoms with Crippen LogP contribution in [0.5, 0.6) is 0 Å². The zero-order valence-corrected chi connectivity index (χ0v) is 12.2. The van der Waals surface area contributed by atoms with Gasteiger partial charge in [0.15, 0.2) is 0 Å². The van der Waals surface area contributed by atoms with Gasteiger partial charge in [-0.05, 0) is 39.3 Å². The van der Waals surface area contributed by atoms with Gasteiger partial charge in [0.25, 0.3) is 0 Å². The summed E-state index contributed by atoms with van der Waals surface area (Å²) in [6, 6.07) is 0.824. The Bertz CT molecular complexity index is 233. The fraction of sp³-hybridized carbons (Fsp3) is 1.00. The van der Waals surface area contributed by atoms with Gasteiger partial charge in [-0.3, -0.25) is 0 Å². The second-order valence-electron chi connectivity index (χ2n) is 6.29. The Morgan fingerprint density at radius 3 is 2.67 bits per heavy atom. The van der Waals surface area contributed by atoms with Crippen LogP contribution in [0.1, 0.15) is 45.4 Å². The fourth-order valence-electron chi connectivity index (χ4n) is 3.62. The van der Waals surface area contributed by atoms with Gasteiger partial charge < -0.3 is 15.0 Å². The molecule has 1 aliphatic carbocycles. The van der Waals surface area contributed by atoms with Crippen LogP contribution < -0.4 is 5.32 Å². The van der Waals surface area contributed by atoms with E-state index in [4.69, 9.17) is 4.74 Å². The highest BCUT2D eigenvalue weighted by Gasteiger charge is 2.35. The van der Waals surface area contributed by atoms with Crippen molar-refractivity contribution in [1.29, 1.82) is 0 Å². The van der Waals surface area contributed by atoms with Crippen molar-refractivity contribution >= 4 is 0 Å². The van der Waals surface area contributed by atoms with Gasteiger partial charge >= 0.3 is 0 Å². The van der Waals surface area contributed by atoms with Gasteiger partial charge in [0.1, 0.15) is 0 Å². The van der Waals surface area contributed by atoms with Gasteiger partial charge in [0.05, 0.1) is 6.61 Å². The Balaban J connectivity index is 1.90. The smallest absolute Gasteiger partial charge is 0.0546 e. The number of hydrogen-bond donors (Lipinski definition) is 1. The van der Waals surface area contributed by atoms with Crippen molar-refractivity contribution in [3.8, 4) is 0 Å². The molecule has 0 aromatic heterocycles. The molecule has 0 radical (unpaired) electrons. The van der Waals surface area contributed by atoms with Gasteiger partial charge in [-0.1, -0.05) is 19.8 Å². The molecule has 0 spiro atoms. The van der Waals surface area contributed by atoms with E-state index in [0.717, 1.165) is 32.3 Å². The maximum atomic E-state index is 5.78. The van der Waals surface area contributed by atoms with Crippen molar-refractivity contribution in [1.82, 2.24) is 10.2 Å². The lowest BCUT2D eigenvalue weighted by molar-refractivity contribution is -0.0277. The van der Waals surface area contributed by atoms with Gasteiger partial charge in [0, 0.05) is 31.2 Å². The molecular formula is C15H30N2O. The summed E-state index contributed by atoms with van der Waals surface area (Å²) >= 11 is 0. The Morgan fingerprint density at radius 2 is 2.06 bits per heavy atom. The van der Waals surface area contributed by atoms with Crippen LogP contribution >= 0.6 is 0 Å². The third-order valence-electron chi connectivity index (χ3n) is 4.69. The first-order valence-electron chi connectivity index (χ1n) is 7.74. The monoisotopic (exact) mass is 254 g/mol. The highest BCUT2D eigenvalue weighted by atomic mass is 16.5. The molecule has 1 aliphatic heterocycles. The average Bonchev–Trinajstić information content (AvgIpc) is 2.91.